The lowest BCUT2D eigenvalue weighted by Crippen LogP contribution is -2.44. The van der Waals surface area contributed by atoms with Crippen molar-refractivity contribution in [3.63, 3.8) is 0 Å². The topological polar surface area (TPSA) is 94.6 Å². The van der Waals surface area contributed by atoms with Gasteiger partial charge in [-0.15, -0.1) is 0 Å². The van der Waals surface area contributed by atoms with Crippen LogP contribution in [-0.2, 0) is 10.0 Å². The summed E-state index contributed by atoms with van der Waals surface area (Å²) < 4.78 is 28.7. The van der Waals surface area contributed by atoms with Crippen LogP contribution in [0.4, 0.5) is 11.5 Å². The maximum atomic E-state index is 13.1. The Kier molecular flexibility index (Phi) is 6.43. The fraction of sp³-hybridized carbons (Fsp3) is 0.455. The first kappa shape index (κ1) is 21.6. The zero-order valence-electron chi connectivity index (χ0n) is 17.8. The van der Waals surface area contributed by atoms with E-state index in [1.165, 1.54) is 0 Å². The number of sulfonamides is 1. The van der Waals surface area contributed by atoms with Gasteiger partial charge in [-0.25, -0.2) is 13.4 Å². The molecule has 2 saturated heterocycles. The summed E-state index contributed by atoms with van der Waals surface area (Å²) in [5, 5.41) is 3.29. The Morgan fingerprint density at radius 2 is 1.77 bits per heavy atom. The van der Waals surface area contributed by atoms with Crippen molar-refractivity contribution in [3.8, 4) is 0 Å². The van der Waals surface area contributed by atoms with Gasteiger partial charge in [-0.1, -0.05) is 25.1 Å². The normalized spacial score (nSPS) is 18.1. The highest BCUT2D eigenvalue weighted by atomic mass is 32.2. The SMILES string of the molecule is CC1CCN(C(=O)c2cnc(N3CCNCC3)c(NS(=O)(=O)c3ccccc3)c2)CC1. The second-order valence-electron chi connectivity index (χ2n) is 8.23. The average molecular weight is 444 g/mol. The molecule has 1 aromatic heterocycles. The van der Waals surface area contributed by atoms with Crippen LogP contribution in [-0.4, -0.2) is 63.5 Å². The summed E-state index contributed by atoms with van der Waals surface area (Å²) in [5.74, 6) is 1.06. The van der Waals surface area contributed by atoms with E-state index in [0.29, 0.717) is 49.2 Å². The highest BCUT2D eigenvalue weighted by molar-refractivity contribution is 7.92. The smallest absolute Gasteiger partial charge is 0.262 e. The van der Waals surface area contributed by atoms with Gasteiger partial charge >= 0.3 is 0 Å². The number of hydrogen-bond donors (Lipinski definition) is 2. The van der Waals surface area contributed by atoms with Gasteiger partial charge in [-0.3, -0.25) is 9.52 Å². The van der Waals surface area contributed by atoms with E-state index in [-0.39, 0.29) is 10.8 Å². The molecule has 0 unspecified atom stereocenters. The van der Waals surface area contributed by atoms with Gasteiger partial charge in [-0.2, -0.15) is 0 Å². The van der Waals surface area contributed by atoms with Crippen LogP contribution < -0.4 is 14.9 Å². The summed E-state index contributed by atoms with van der Waals surface area (Å²) in [6, 6.07) is 9.85. The molecule has 0 atom stereocenters. The highest BCUT2D eigenvalue weighted by Crippen LogP contribution is 2.28. The van der Waals surface area contributed by atoms with Gasteiger partial charge in [0.1, 0.15) is 0 Å². The number of nitrogens with one attached hydrogen (secondary N) is 2. The number of hydrogen-bond acceptors (Lipinski definition) is 6. The third kappa shape index (κ3) is 4.99. The van der Waals surface area contributed by atoms with Crippen molar-refractivity contribution in [1.29, 1.82) is 0 Å². The third-order valence-corrected chi connectivity index (χ3v) is 7.28. The van der Waals surface area contributed by atoms with Gasteiger partial charge < -0.3 is 15.1 Å². The Morgan fingerprint density at radius 1 is 1.10 bits per heavy atom. The highest BCUT2D eigenvalue weighted by Gasteiger charge is 2.25. The number of aromatic nitrogens is 1. The number of rotatable bonds is 5. The van der Waals surface area contributed by atoms with Crippen molar-refractivity contribution in [2.24, 2.45) is 5.92 Å². The lowest BCUT2D eigenvalue weighted by Gasteiger charge is -2.32. The Balaban J connectivity index is 1.66. The average Bonchev–Trinajstić information content (AvgIpc) is 2.80. The number of pyridine rings is 1. The minimum absolute atomic E-state index is 0.105. The van der Waals surface area contributed by atoms with Crippen LogP contribution in [0, 0.1) is 5.92 Å². The second kappa shape index (κ2) is 9.23. The fourth-order valence-corrected chi connectivity index (χ4v) is 5.05. The second-order valence-corrected chi connectivity index (χ2v) is 9.91. The number of piperidine rings is 1. The van der Waals surface area contributed by atoms with E-state index in [4.69, 9.17) is 0 Å². The van der Waals surface area contributed by atoms with Crippen LogP contribution in [0.3, 0.4) is 0 Å². The number of piperazine rings is 1. The van der Waals surface area contributed by atoms with E-state index in [9.17, 15) is 13.2 Å². The van der Waals surface area contributed by atoms with E-state index >= 15 is 0 Å². The quantitative estimate of drug-likeness (QED) is 0.736. The minimum Gasteiger partial charge on any atom is -0.352 e. The molecule has 1 aromatic carbocycles. The molecule has 0 saturated carbocycles. The van der Waals surface area contributed by atoms with Crippen molar-refractivity contribution in [3.05, 3.63) is 48.2 Å². The molecular formula is C22H29N5O3S. The molecule has 8 nitrogen and oxygen atoms in total. The zero-order valence-corrected chi connectivity index (χ0v) is 18.6. The number of benzene rings is 1. The zero-order chi connectivity index (χ0) is 21.8. The Hall–Kier alpha value is -2.65. The molecule has 0 bridgehead atoms. The molecule has 0 aliphatic carbocycles. The van der Waals surface area contributed by atoms with E-state index in [1.807, 2.05) is 9.80 Å². The molecule has 31 heavy (non-hydrogen) atoms. The first-order valence-electron chi connectivity index (χ1n) is 10.8. The molecule has 2 N–H and O–H groups in total. The number of carbonyl (C=O) groups excluding carboxylic acids is 1. The summed E-state index contributed by atoms with van der Waals surface area (Å²) in [4.78, 5) is 21.6. The summed E-state index contributed by atoms with van der Waals surface area (Å²) >= 11 is 0. The van der Waals surface area contributed by atoms with Crippen molar-refractivity contribution in [2.75, 3.05) is 48.9 Å². The van der Waals surface area contributed by atoms with E-state index in [0.717, 1.165) is 25.9 Å². The third-order valence-electron chi connectivity index (χ3n) is 5.90. The van der Waals surface area contributed by atoms with Crippen LogP contribution >= 0.6 is 0 Å². The number of likely N-dealkylation sites (tertiary alicyclic amines) is 1. The molecule has 0 spiro atoms. The lowest BCUT2D eigenvalue weighted by molar-refractivity contribution is 0.0697. The van der Waals surface area contributed by atoms with Crippen LogP contribution in [0.2, 0.25) is 0 Å². The molecule has 3 heterocycles. The van der Waals surface area contributed by atoms with E-state index in [1.54, 1.807) is 42.6 Å². The number of nitrogens with zero attached hydrogens (tertiary/aromatic N) is 3. The molecule has 4 rings (SSSR count). The predicted octanol–water partition coefficient (Wildman–Crippen LogP) is 2.16. The molecule has 0 radical (unpaired) electrons. The standard InChI is InChI=1S/C22H29N5O3S/c1-17-7-11-27(12-8-17)22(28)18-15-20(21(24-16-18)26-13-9-23-10-14-26)25-31(29,30)19-5-3-2-4-6-19/h2-6,15-17,23,25H,7-14H2,1H3. The van der Waals surface area contributed by atoms with Crippen LogP contribution in [0.1, 0.15) is 30.1 Å². The first-order chi connectivity index (χ1) is 14.9. The molecule has 166 valence electrons. The van der Waals surface area contributed by atoms with Gasteiger partial charge in [-0.05, 0) is 37.0 Å². The van der Waals surface area contributed by atoms with Gasteiger partial charge in [0, 0.05) is 45.5 Å². The van der Waals surface area contributed by atoms with E-state index in [2.05, 4.69) is 21.9 Å². The summed E-state index contributed by atoms with van der Waals surface area (Å²) in [7, 11) is -3.81. The van der Waals surface area contributed by atoms with Gasteiger partial charge in [0.2, 0.25) is 0 Å². The van der Waals surface area contributed by atoms with Gasteiger partial charge in [0.05, 0.1) is 16.1 Å². The number of anilines is 2. The van der Waals surface area contributed by atoms with Crippen LogP contribution in [0.5, 0.6) is 0 Å². The summed E-state index contributed by atoms with van der Waals surface area (Å²) in [6.07, 6.45) is 3.52. The largest absolute Gasteiger partial charge is 0.352 e. The molecule has 9 heteroatoms. The summed E-state index contributed by atoms with van der Waals surface area (Å²) in [6.45, 7) is 6.63. The lowest BCUT2D eigenvalue weighted by atomic mass is 9.99. The van der Waals surface area contributed by atoms with Crippen molar-refractivity contribution in [1.82, 2.24) is 15.2 Å². The minimum atomic E-state index is -3.81. The molecule has 2 aliphatic heterocycles. The number of carbonyl (C=O) groups is 1. The first-order valence-corrected chi connectivity index (χ1v) is 12.3. The van der Waals surface area contributed by atoms with Crippen LogP contribution in [0.15, 0.2) is 47.5 Å². The van der Waals surface area contributed by atoms with Gasteiger partial charge in [0.25, 0.3) is 15.9 Å². The molecule has 2 fully saturated rings. The van der Waals surface area contributed by atoms with E-state index < -0.39 is 10.0 Å². The van der Waals surface area contributed by atoms with Crippen LogP contribution in [0.25, 0.3) is 0 Å². The summed E-state index contributed by atoms with van der Waals surface area (Å²) in [5.41, 5.74) is 0.737. The maximum Gasteiger partial charge on any atom is 0.262 e. The van der Waals surface area contributed by atoms with Gasteiger partial charge in [0.15, 0.2) is 5.82 Å². The molecule has 1 amide bonds. The number of amides is 1. The van der Waals surface area contributed by atoms with Crippen molar-refractivity contribution < 1.29 is 13.2 Å². The maximum absolute atomic E-state index is 13.1. The molecular weight excluding hydrogens is 414 g/mol. The Morgan fingerprint density at radius 3 is 2.45 bits per heavy atom. The molecule has 2 aromatic rings. The predicted molar refractivity (Wildman–Crippen MR) is 121 cm³/mol. The van der Waals surface area contributed by atoms with Crippen molar-refractivity contribution in [2.45, 2.75) is 24.7 Å². The monoisotopic (exact) mass is 443 g/mol. The van der Waals surface area contributed by atoms with Crippen molar-refractivity contribution >= 4 is 27.4 Å². The Bertz CT molecular complexity index is 1010. The fourth-order valence-electron chi connectivity index (χ4n) is 3.98. The Labute approximate surface area is 183 Å². The molecule has 2 aliphatic rings.